The standard InChI is InChI=1S/C26H25NO2/c1-17-4-10-20(11-5-17)16-27-24(22-14-8-19(3)9-15-22)23(25(28)26(27)29)21-12-6-18(2)7-13-21/h4-15,24,28H,16H2,1-3H3/t24-/m1/s1. The zero-order chi connectivity index (χ0) is 20.5. The van der Waals surface area contributed by atoms with Crippen molar-refractivity contribution in [2.24, 2.45) is 0 Å². The van der Waals surface area contributed by atoms with E-state index in [0.29, 0.717) is 12.1 Å². The lowest BCUT2D eigenvalue weighted by molar-refractivity contribution is -0.130. The van der Waals surface area contributed by atoms with Crippen LogP contribution in [0.4, 0.5) is 0 Å². The maximum atomic E-state index is 13.1. The third-order valence-corrected chi connectivity index (χ3v) is 5.53. The minimum atomic E-state index is -0.327. The monoisotopic (exact) mass is 383 g/mol. The summed E-state index contributed by atoms with van der Waals surface area (Å²) >= 11 is 0. The second-order valence-corrected chi connectivity index (χ2v) is 7.86. The first-order valence-corrected chi connectivity index (χ1v) is 9.87. The van der Waals surface area contributed by atoms with Gasteiger partial charge in [-0.2, -0.15) is 0 Å². The van der Waals surface area contributed by atoms with Crippen molar-refractivity contribution in [1.29, 1.82) is 0 Å². The van der Waals surface area contributed by atoms with Gasteiger partial charge in [-0.05, 0) is 37.5 Å². The van der Waals surface area contributed by atoms with E-state index in [1.54, 1.807) is 4.90 Å². The first-order valence-electron chi connectivity index (χ1n) is 9.87. The molecule has 1 aliphatic heterocycles. The maximum Gasteiger partial charge on any atom is 0.290 e. The van der Waals surface area contributed by atoms with Gasteiger partial charge in [-0.15, -0.1) is 0 Å². The molecule has 0 spiro atoms. The largest absolute Gasteiger partial charge is 0.503 e. The Balaban J connectivity index is 1.80. The summed E-state index contributed by atoms with van der Waals surface area (Å²) in [6, 6.07) is 24.0. The van der Waals surface area contributed by atoms with Crippen LogP contribution < -0.4 is 0 Å². The summed E-state index contributed by atoms with van der Waals surface area (Å²) in [6.07, 6.45) is 0. The number of aryl methyl sites for hydroxylation is 3. The number of carbonyl (C=O) groups is 1. The molecule has 3 aromatic rings. The van der Waals surface area contributed by atoms with E-state index in [0.717, 1.165) is 27.8 Å². The molecule has 1 heterocycles. The third kappa shape index (κ3) is 3.68. The summed E-state index contributed by atoms with van der Waals surface area (Å²) in [4.78, 5) is 14.9. The van der Waals surface area contributed by atoms with Crippen molar-refractivity contribution < 1.29 is 9.90 Å². The summed E-state index contributed by atoms with van der Waals surface area (Å²) in [5.74, 6) is -0.488. The molecule has 3 heteroatoms. The number of hydrogen-bond acceptors (Lipinski definition) is 2. The molecule has 29 heavy (non-hydrogen) atoms. The van der Waals surface area contributed by atoms with Gasteiger partial charge in [-0.3, -0.25) is 4.79 Å². The zero-order valence-electron chi connectivity index (χ0n) is 17.0. The molecule has 0 saturated heterocycles. The highest BCUT2D eigenvalue weighted by molar-refractivity contribution is 6.05. The molecule has 0 bridgehead atoms. The summed E-state index contributed by atoms with van der Waals surface area (Å²) < 4.78 is 0. The van der Waals surface area contributed by atoms with Crippen LogP contribution in [0.1, 0.15) is 39.4 Å². The number of rotatable bonds is 4. The highest BCUT2D eigenvalue weighted by Crippen LogP contribution is 2.43. The lowest BCUT2D eigenvalue weighted by Gasteiger charge is -2.27. The number of aliphatic hydroxyl groups excluding tert-OH is 1. The van der Waals surface area contributed by atoms with Gasteiger partial charge in [0.25, 0.3) is 5.91 Å². The quantitative estimate of drug-likeness (QED) is 0.631. The second-order valence-electron chi connectivity index (χ2n) is 7.86. The molecule has 0 saturated carbocycles. The molecular weight excluding hydrogens is 358 g/mol. The molecule has 146 valence electrons. The van der Waals surface area contributed by atoms with Crippen molar-refractivity contribution in [3.05, 3.63) is 112 Å². The Morgan fingerprint density at radius 1 is 0.759 bits per heavy atom. The van der Waals surface area contributed by atoms with Gasteiger partial charge in [0, 0.05) is 12.1 Å². The fourth-order valence-corrected chi connectivity index (χ4v) is 3.83. The molecule has 1 atom stereocenters. The van der Waals surface area contributed by atoms with Crippen LogP contribution in [-0.2, 0) is 11.3 Å². The number of carbonyl (C=O) groups excluding carboxylic acids is 1. The average Bonchev–Trinajstić information content (AvgIpc) is 2.96. The van der Waals surface area contributed by atoms with Gasteiger partial charge in [0.1, 0.15) is 0 Å². The highest BCUT2D eigenvalue weighted by atomic mass is 16.3. The Labute approximate surface area is 171 Å². The molecule has 0 unspecified atom stereocenters. The van der Waals surface area contributed by atoms with E-state index in [9.17, 15) is 9.90 Å². The smallest absolute Gasteiger partial charge is 0.290 e. The topological polar surface area (TPSA) is 40.5 Å². The lowest BCUT2D eigenvalue weighted by Crippen LogP contribution is -2.29. The van der Waals surface area contributed by atoms with Gasteiger partial charge in [-0.1, -0.05) is 89.5 Å². The van der Waals surface area contributed by atoms with Crippen LogP contribution in [0.5, 0.6) is 0 Å². The lowest BCUT2D eigenvalue weighted by atomic mass is 9.92. The molecule has 3 nitrogen and oxygen atoms in total. The van der Waals surface area contributed by atoms with E-state index in [2.05, 4.69) is 0 Å². The van der Waals surface area contributed by atoms with Crippen LogP contribution in [0.2, 0.25) is 0 Å². The predicted octanol–water partition coefficient (Wildman–Crippen LogP) is 5.66. The van der Waals surface area contributed by atoms with E-state index >= 15 is 0 Å². The van der Waals surface area contributed by atoms with Crippen molar-refractivity contribution >= 4 is 11.5 Å². The van der Waals surface area contributed by atoms with E-state index in [1.165, 1.54) is 5.56 Å². The normalized spacial score (nSPS) is 16.6. The third-order valence-electron chi connectivity index (χ3n) is 5.53. The molecule has 0 fully saturated rings. The zero-order valence-corrected chi connectivity index (χ0v) is 17.0. The fraction of sp³-hybridized carbons (Fsp3) is 0.192. The van der Waals surface area contributed by atoms with Crippen molar-refractivity contribution in [3.8, 4) is 0 Å². The predicted molar refractivity (Wildman–Crippen MR) is 116 cm³/mol. The molecule has 1 aliphatic rings. The molecule has 4 rings (SSSR count). The minimum Gasteiger partial charge on any atom is -0.503 e. The van der Waals surface area contributed by atoms with Gasteiger partial charge in [0.2, 0.25) is 0 Å². The van der Waals surface area contributed by atoms with Crippen molar-refractivity contribution in [2.75, 3.05) is 0 Å². The molecular formula is C26H25NO2. The van der Waals surface area contributed by atoms with Crippen molar-refractivity contribution in [3.63, 3.8) is 0 Å². The molecule has 1 amide bonds. The Morgan fingerprint density at radius 3 is 1.79 bits per heavy atom. The van der Waals surface area contributed by atoms with Gasteiger partial charge >= 0.3 is 0 Å². The summed E-state index contributed by atoms with van der Waals surface area (Å²) in [6.45, 7) is 6.56. The van der Waals surface area contributed by atoms with Crippen LogP contribution in [0.3, 0.4) is 0 Å². The Hall–Kier alpha value is -3.33. The van der Waals surface area contributed by atoms with Crippen molar-refractivity contribution in [1.82, 2.24) is 4.90 Å². The van der Waals surface area contributed by atoms with Crippen LogP contribution in [0.25, 0.3) is 5.57 Å². The molecule has 0 radical (unpaired) electrons. The van der Waals surface area contributed by atoms with Crippen LogP contribution in [0.15, 0.2) is 78.6 Å². The van der Waals surface area contributed by atoms with Crippen molar-refractivity contribution in [2.45, 2.75) is 33.4 Å². The molecule has 1 N–H and O–H groups in total. The summed E-state index contributed by atoms with van der Waals surface area (Å²) in [5.41, 5.74) is 7.06. The number of nitrogens with zero attached hydrogens (tertiary/aromatic N) is 1. The average molecular weight is 383 g/mol. The second kappa shape index (κ2) is 7.59. The summed E-state index contributed by atoms with van der Waals surface area (Å²) in [7, 11) is 0. The van der Waals surface area contributed by atoms with Gasteiger partial charge < -0.3 is 10.0 Å². The van der Waals surface area contributed by atoms with E-state index in [-0.39, 0.29) is 17.7 Å². The molecule has 3 aromatic carbocycles. The van der Waals surface area contributed by atoms with Crippen LogP contribution in [0, 0.1) is 20.8 Å². The van der Waals surface area contributed by atoms with Crippen LogP contribution in [-0.4, -0.2) is 15.9 Å². The first kappa shape index (κ1) is 19.0. The maximum absolute atomic E-state index is 13.1. The van der Waals surface area contributed by atoms with Gasteiger partial charge in [0.05, 0.1) is 6.04 Å². The number of amides is 1. The van der Waals surface area contributed by atoms with Gasteiger partial charge in [-0.25, -0.2) is 0 Å². The first-order chi connectivity index (χ1) is 13.9. The highest BCUT2D eigenvalue weighted by Gasteiger charge is 2.40. The fourth-order valence-electron chi connectivity index (χ4n) is 3.83. The van der Waals surface area contributed by atoms with E-state index < -0.39 is 0 Å². The van der Waals surface area contributed by atoms with Crippen LogP contribution >= 0.6 is 0 Å². The molecule has 0 aromatic heterocycles. The minimum absolute atomic E-state index is 0.161. The Bertz CT molecular complexity index is 1060. The Morgan fingerprint density at radius 2 is 1.24 bits per heavy atom. The summed E-state index contributed by atoms with van der Waals surface area (Å²) in [5, 5.41) is 10.8. The van der Waals surface area contributed by atoms with Gasteiger partial charge in [0.15, 0.2) is 5.76 Å². The number of aliphatic hydroxyl groups is 1. The SMILES string of the molecule is Cc1ccc(CN2C(=O)C(O)=C(c3ccc(C)cc3)[C@H]2c2ccc(C)cc2)cc1. The van der Waals surface area contributed by atoms with E-state index in [4.69, 9.17) is 0 Å². The molecule has 0 aliphatic carbocycles. The Kier molecular flexibility index (Phi) is 4.98. The van der Waals surface area contributed by atoms with E-state index in [1.807, 2.05) is 93.6 Å². The number of benzene rings is 3. The number of hydrogen-bond donors (Lipinski definition) is 1.